The Hall–Kier alpha value is -3.49. The van der Waals surface area contributed by atoms with E-state index >= 15 is 0 Å². The molecule has 0 amide bonds. The minimum Gasteiger partial charge on any atom is -0.360 e. The largest absolute Gasteiger partial charge is 0.360 e. The van der Waals surface area contributed by atoms with Crippen LogP contribution < -0.4 is 10.9 Å². The first-order valence-electron chi connectivity index (χ1n) is 9.63. The van der Waals surface area contributed by atoms with Crippen LogP contribution in [0.25, 0.3) is 27.6 Å². The number of rotatable bonds is 4. The molecule has 0 aliphatic rings. The van der Waals surface area contributed by atoms with Crippen LogP contribution in [0.3, 0.4) is 0 Å². The maximum absolute atomic E-state index is 14.6. The molecule has 10 heteroatoms. The van der Waals surface area contributed by atoms with Gasteiger partial charge in [0.2, 0.25) is 0 Å². The van der Waals surface area contributed by atoms with Gasteiger partial charge in [-0.25, -0.2) is 19.3 Å². The van der Waals surface area contributed by atoms with E-state index < -0.39 is 17.4 Å². The van der Waals surface area contributed by atoms with Gasteiger partial charge in [-0.3, -0.25) is 9.36 Å². The van der Waals surface area contributed by atoms with Crippen molar-refractivity contribution in [3.05, 3.63) is 87.0 Å². The van der Waals surface area contributed by atoms with Gasteiger partial charge >= 0.3 is 0 Å². The number of halogens is 3. The molecule has 5 rings (SSSR count). The fourth-order valence-corrected chi connectivity index (χ4v) is 4.26. The summed E-state index contributed by atoms with van der Waals surface area (Å²) in [5, 5.41) is 4.47. The van der Waals surface area contributed by atoms with Crippen LogP contribution in [-0.4, -0.2) is 24.5 Å². The van der Waals surface area contributed by atoms with Gasteiger partial charge in [0.15, 0.2) is 11.5 Å². The Labute approximate surface area is 190 Å². The summed E-state index contributed by atoms with van der Waals surface area (Å²) < 4.78 is 16.0. The van der Waals surface area contributed by atoms with Crippen molar-refractivity contribution in [3.63, 3.8) is 0 Å². The molecule has 160 valence electrons. The highest BCUT2D eigenvalue weighted by Crippen LogP contribution is 2.28. The third-order valence-corrected chi connectivity index (χ3v) is 5.59. The molecule has 0 spiro atoms. The number of fused-ring (bicyclic) bond motifs is 2. The molecule has 0 bridgehead atoms. The number of nitrogens with zero attached hydrogens (tertiary/aromatic N) is 4. The molecule has 2 aromatic carbocycles. The molecular weight excluding hydrogens is 454 g/mol. The number of aromatic nitrogens is 5. The zero-order chi connectivity index (χ0) is 22.4. The van der Waals surface area contributed by atoms with E-state index in [1.54, 1.807) is 36.4 Å². The van der Waals surface area contributed by atoms with E-state index in [4.69, 9.17) is 23.2 Å². The lowest BCUT2D eigenvalue weighted by atomic mass is 10.1. The smallest absolute Gasteiger partial charge is 0.266 e. The summed E-state index contributed by atoms with van der Waals surface area (Å²) in [6.45, 7) is 1.87. The fraction of sp³-hybridized carbons (Fsp3) is 0.0909. The molecule has 5 aromatic rings. The van der Waals surface area contributed by atoms with Crippen molar-refractivity contribution in [2.75, 3.05) is 5.32 Å². The average Bonchev–Trinajstić information content (AvgIpc) is 3.22. The maximum atomic E-state index is 14.6. The Balaban J connectivity index is 1.74. The number of benzene rings is 2. The molecule has 0 fully saturated rings. The first-order valence-corrected chi connectivity index (χ1v) is 10.4. The number of H-pyrrole nitrogens is 1. The predicted molar refractivity (Wildman–Crippen MR) is 123 cm³/mol. The summed E-state index contributed by atoms with van der Waals surface area (Å²) in [5.74, 6) is -0.0843. The first-order chi connectivity index (χ1) is 15.4. The molecule has 1 unspecified atom stereocenters. The Morgan fingerprint density at radius 1 is 1.09 bits per heavy atom. The minimum absolute atomic E-state index is 0.0162. The number of pyridine rings is 1. The number of imidazole rings is 1. The summed E-state index contributed by atoms with van der Waals surface area (Å²) in [5.41, 5.74) is 1.62. The van der Waals surface area contributed by atoms with Gasteiger partial charge in [0.1, 0.15) is 17.7 Å². The average molecular weight is 469 g/mol. The summed E-state index contributed by atoms with van der Waals surface area (Å²) in [6, 6.07) is 10.6. The number of nitrogens with one attached hydrogen (secondary N) is 2. The Morgan fingerprint density at radius 3 is 2.66 bits per heavy atom. The van der Waals surface area contributed by atoms with Crippen molar-refractivity contribution in [3.8, 4) is 5.69 Å². The molecular formula is C22H15Cl2FN6O. The van der Waals surface area contributed by atoms with Gasteiger partial charge in [0, 0.05) is 15.7 Å². The van der Waals surface area contributed by atoms with E-state index in [9.17, 15) is 9.18 Å². The maximum Gasteiger partial charge on any atom is 0.266 e. The van der Waals surface area contributed by atoms with Crippen LogP contribution in [0.1, 0.15) is 18.7 Å². The Kier molecular flexibility index (Phi) is 5.03. The number of anilines is 1. The van der Waals surface area contributed by atoms with Gasteiger partial charge in [0.25, 0.3) is 5.56 Å². The number of aromatic amines is 1. The van der Waals surface area contributed by atoms with Gasteiger partial charge < -0.3 is 10.3 Å². The molecule has 0 aliphatic heterocycles. The van der Waals surface area contributed by atoms with Crippen LogP contribution in [0.5, 0.6) is 0 Å². The van der Waals surface area contributed by atoms with Crippen LogP contribution in [0.4, 0.5) is 10.2 Å². The second kappa shape index (κ2) is 7.89. The van der Waals surface area contributed by atoms with Crippen molar-refractivity contribution < 1.29 is 4.39 Å². The molecule has 32 heavy (non-hydrogen) atoms. The zero-order valence-corrected chi connectivity index (χ0v) is 18.1. The molecule has 3 heterocycles. The lowest BCUT2D eigenvalue weighted by Crippen LogP contribution is -2.26. The third-order valence-electron chi connectivity index (χ3n) is 5.15. The Morgan fingerprint density at radius 2 is 1.88 bits per heavy atom. The van der Waals surface area contributed by atoms with E-state index in [1.165, 1.54) is 23.3 Å². The van der Waals surface area contributed by atoms with Crippen LogP contribution in [-0.2, 0) is 0 Å². The topological polar surface area (TPSA) is 88.5 Å². The van der Waals surface area contributed by atoms with E-state index in [-0.39, 0.29) is 5.39 Å². The van der Waals surface area contributed by atoms with Crippen LogP contribution in [0, 0.1) is 5.82 Å². The molecule has 0 aliphatic carbocycles. The van der Waals surface area contributed by atoms with Crippen LogP contribution >= 0.6 is 23.2 Å². The van der Waals surface area contributed by atoms with Gasteiger partial charge in [-0.1, -0.05) is 35.3 Å². The predicted octanol–water partition coefficient (Wildman–Crippen LogP) is 5.28. The normalized spacial score (nSPS) is 12.4. The summed E-state index contributed by atoms with van der Waals surface area (Å²) in [7, 11) is 0. The SMILES string of the molecule is CC(Nc1ncnc2nc[nH]c12)c1cc2cccc(F)c2c(=O)n1-c1cc(Cl)cc(Cl)c1. The lowest BCUT2D eigenvalue weighted by Gasteiger charge is -2.22. The number of hydrogen-bond donors (Lipinski definition) is 2. The van der Waals surface area contributed by atoms with E-state index in [1.807, 2.05) is 6.92 Å². The van der Waals surface area contributed by atoms with E-state index in [2.05, 4.69) is 25.3 Å². The van der Waals surface area contributed by atoms with Gasteiger partial charge in [-0.05, 0) is 42.6 Å². The lowest BCUT2D eigenvalue weighted by molar-refractivity contribution is 0.637. The second-order valence-corrected chi connectivity index (χ2v) is 8.10. The highest BCUT2D eigenvalue weighted by atomic mass is 35.5. The summed E-state index contributed by atoms with van der Waals surface area (Å²) in [4.78, 5) is 29.0. The number of hydrogen-bond acceptors (Lipinski definition) is 5. The standard InChI is InChI=1S/C22H15Cl2FN6O/c1-11(30-21-19-20(27-9-26-19)28-10-29-21)17-5-12-3-2-4-16(25)18(12)22(32)31(17)15-7-13(23)6-14(24)8-15/h2-11H,1H3,(H2,26,27,28,29,30). The molecule has 0 saturated carbocycles. The van der Waals surface area contributed by atoms with Crippen molar-refractivity contribution in [1.29, 1.82) is 0 Å². The van der Waals surface area contributed by atoms with Crippen LogP contribution in [0.15, 0.2) is 59.9 Å². The zero-order valence-electron chi connectivity index (χ0n) is 16.6. The molecule has 2 N–H and O–H groups in total. The summed E-state index contributed by atoms with van der Waals surface area (Å²) >= 11 is 12.4. The van der Waals surface area contributed by atoms with Crippen molar-refractivity contribution in [1.82, 2.24) is 24.5 Å². The van der Waals surface area contributed by atoms with Gasteiger partial charge in [-0.2, -0.15) is 0 Å². The van der Waals surface area contributed by atoms with E-state index in [0.29, 0.717) is 43.8 Å². The second-order valence-electron chi connectivity index (χ2n) is 7.23. The van der Waals surface area contributed by atoms with Crippen LogP contribution in [0.2, 0.25) is 10.0 Å². The Bertz CT molecular complexity index is 1530. The molecule has 3 aromatic heterocycles. The molecule has 0 radical (unpaired) electrons. The highest BCUT2D eigenvalue weighted by Gasteiger charge is 2.20. The summed E-state index contributed by atoms with van der Waals surface area (Å²) in [6.07, 6.45) is 2.93. The van der Waals surface area contributed by atoms with Crippen molar-refractivity contribution in [2.24, 2.45) is 0 Å². The fourth-order valence-electron chi connectivity index (χ4n) is 3.75. The highest BCUT2D eigenvalue weighted by molar-refractivity contribution is 6.34. The van der Waals surface area contributed by atoms with Crippen molar-refractivity contribution >= 4 is 51.0 Å². The molecule has 0 saturated heterocycles. The molecule has 1 atom stereocenters. The van der Waals surface area contributed by atoms with Gasteiger partial charge in [-0.15, -0.1) is 0 Å². The monoisotopic (exact) mass is 468 g/mol. The van der Waals surface area contributed by atoms with E-state index in [0.717, 1.165) is 0 Å². The quantitative estimate of drug-likeness (QED) is 0.374. The minimum atomic E-state index is -0.600. The van der Waals surface area contributed by atoms with Crippen molar-refractivity contribution in [2.45, 2.75) is 13.0 Å². The first kappa shape index (κ1) is 20.4. The third kappa shape index (κ3) is 3.47. The van der Waals surface area contributed by atoms with Gasteiger partial charge in [0.05, 0.1) is 23.4 Å². The molecule has 7 nitrogen and oxygen atoms in total.